The molecular weight excluding hydrogens is 266 g/mol. The number of rotatable bonds is 2. The number of aromatic hydroxyl groups is 1. The third kappa shape index (κ3) is 4.14. The van der Waals surface area contributed by atoms with E-state index in [0.29, 0.717) is 12.2 Å². The van der Waals surface area contributed by atoms with Gasteiger partial charge >= 0.3 is 0 Å². The molecule has 1 heterocycles. The molecule has 0 aliphatic carbocycles. The van der Waals surface area contributed by atoms with E-state index < -0.39 is 0 Å². The van der Waals surface area contributed by atoms with Crippen molar-refractivity contribution in [2.24, 2.45) is 0 Å². The van der Waals surface area contributed by atoms with Gasteiger partial charge in [-0.3, -0.25) is 15.2 Å². The summed E-state index contributed by atoms with van der Waals surface area (Å²) in [5.41, 5.74) is 4.57. The number of hydrogen-bond acceptors (Lipinski definition) is 4. The van der Waals surface area contributed by atoms with Crippen molar-refractivity contribution in [3.8, 4) is 5.75 Å². The average molecular weight is 285 g/mol. The second kappa shape index (κ2) is 7.19. The zero-order chi connectivity index (χ0) is 15.1. The van der Waals surface area contributed by atoms with Crippen LogP contribution in [0.15, 0.2) is 54.6 Å². The first-order valence-electron chi connectivity index (χ1n) is 6.78. The highest BCUT2D eigenvalue weighted by Crippen LogP contribution is 2.19. The SMILES string of the molecule is CNc1ccccc1O.O=C1CCN(c2ccccc2)N1. The van der Waals surface area contributed by atoms with E-state index in [2.05, 4.69) is 10.7 Å². The lowest BCUT2D eigenvalue weighted by molar-refractivity contribution is -0.119. The minimum absolute atomic E-state index is 0.0962. The Labute approximate surface area is 124 Å². The van der Waals surface area contributed by atoms with Crippen LogP contribution >= 0.6 is 0 Å². The Bertz CT molecular complexity index is 587. The lowest BCUT2D eigenvalue weighted by Gasteiger charge is -2.16. The van der Waals surface area contributed by atoms with Crippen LogP contribution in [0.4, 0.5) is 11.4 Å². The first-order chi connectivity index (χ1) is 10.2. The van der Waals surface area contributed by atoms with Gasteiger partial charge in [0, 0.05) is 20.0 Å². The van der Waals surface area contributed by atoms with Crippen LogP contribution in [0.25, 0.3) is 0 Å². The molecule has 3 N–H and O–H groups in total. The van der Waals surface area contributed by atoms with Crippen LogP contribution in [-0.4, -0.2) is 24.6 Å². The molecule has 1 fully saturated rings. The second-order valence-electron chi connectivity index (χ2n) is 4.54. The highest BCUT2D eigenvalue weighted by atomic mass is 16.3. The Morgan fingerprint density at radius 1 is 1.10 bits per heavy atom. The second-order valence-corrected chi connectivity index (χ2v) is 4.54. The van der Waals surface area contributed by atoms with Crippen LogP contribution in [0.3, 0.4) is 0 Å². The molecule has 1 aliphatic rings. The number of hydrogen-bond donors (Lipinski definition) is 3. The van der Waals surface area contributed by atoms with Gasteiger partial charge in [-0.2, -0.15) is 0 Å². The van der Waals surface area contributed by atoms with Crippen molar-refractivity contribution < 1.29 is 9.90 Å². The molecule has 21 heavy (non-hydrogen) atoms. The van der Waals surface area contributed by atoms with Gasteiger partial charge in [-0.05, 0) is 24.3 Å². The summed E-state index contributed by atoms with van der Waals surface area (Å²) in [5, 5.41) is 13.8. The fourth-order valence-electron chi connectivity index (χ4n) is 1.96. The molecule has 2 aromatic rings. The molecule has 0 aromatic heterocycles. The van der Waals surface area contributed by atoms with Gasteiger partial charge in [0.1, 0.15) is 5.75 Å². The molecule has 0 bridgehead atoms. The first kappa shape index (κ1) is 14.7. The van der Waals surface area contributed by atoms with Crippen LogP contribution in [0, 0.1) is 0 Å². The van der Waals surface area contributed by atoms with Crippen LogP contribution in [-0.2, 0) is 4.79 Å². The van der Waals surface area contributed by atoms with Crippen molar-refractivity contribution in [3.05, 3.63) is 54.6 Å². The predicted molar refractivity (Wildman–Crippen MR) is 84.2 cm³/mol. The van der Waals surface area contributed by atoms with Crippen molar-refractivity contribution in [1.29, 1.82) is 0 Å². The van der Waals surface area contributed by atoms with Crippen LogP contribution in [0.5, 0.6) is 5.75 Å². The van der Waals surface area contributed by atoms with Crippen molar-refractivity contribution in [3.63, 3.8) is 0 Å². The van der Waals surface area contributed by atoms with E-state index in [1.54, 1.807) is 19.2 Å². The zero-order valence-corrected chi connectivity index (χ0v) is 11.9. The van der Waals surface area contributed by atoms with Gasteiger partial charge in [-0.25, -0.2) is 0 Å². The fourth-order valence-corrected chi connectivity index (χ4v) is 1.96. The minimum Gasteiger partial charge on any atom is -0.506 e. The number of carbonyl (C=O) groups is 1. The highest BCUT2D eigenvalue weighted by Gasteiger charge is 2.17. The Balaban J connectivity index is 0.000000161. The summed E-state index contributed by atoms with van der Waals surface area (Å²) in [5.74, 6) is 0.388. The molecule has 5 heteroatoms. The molecule has 0 saturated carbocycles. The van der Waals surface area contributed by atoms with Gasteiger partial charge in [0.2, 0.25) is 5.91 Å². The van der Waals surface area contributed by atoms with Crippen molar-refractivity contribution >= 4 is 17.3 Å². The standard InChI is InChI=1S/C9H10N2O.C7H9NO/c12-9-6-7-11(10-9)8-4-2-1-3-5-8;1-8-6-4-2-3-5-7(6)9/h1-5H,6-7H2,(H,10,12);2-5,8-9H,1H3. The zero-order valence-electron chi connectivity index (χ0n) is 11.9. The lowest BCUT2D eigenvalue weighted by Crippen LogP contribution is -2.32. The number of nitrogens with one attached hydrogen (secondary N) is 2. The van der Waals surface area contributed by atoms with Gasteiger partial charge < -0.3 is 10.4 Å². The van der Waals surface area contributed by atoms with Crippen LogP contribution < -0.4 is 15.8 Å². The van der Waals surface area contributed by atoms with Crippen molar-refractivity contribution in [2.45, 2.75) is 6.42 Å². The maximum Gasteiger partial charge on any atom is 0.240 e. The number of phenolic OH excluding ortho intramolecular Hbond substituents is 1. The molecular formula is C16H19N3O2. The van der Waals surface area contributed by atoms with Crippen LogP contribution in [0.2, 0.25) is 0 Å². The van der Waals surface area contributed by atoms with E-state index in [-0.39, 0.29) is 5.91 Å². The Morgan fingerprint density at radius 2 is 1.76 bits per heavy atom. The topological polar surface area (TPSA) is 64.6 Å². The number of hydrazine groups is 1. The number of anilines is 2. The molecule has 1 amide bonds. The Kier molecular flexibility index (Phi) is 5.04. The van der Waals surface area contributed by atoms with E-state index in [1.165, 1.54) is 0 Å². The van der Waals surface area contributed by atoms with E-state index in [4.69, 9.17) is 5.11 Å². The number of benzene rings is 2. The molecule has 110 valence electrons. The minimum atomic E-state index is 0.0962. The summed E-state index contributed by atoms with van der Waals surface area (Å²) >= 11 is 0. The van der Waals surface area contributed by atoms with E-state index in [0.717, 1.165) is 17.9 Å². The molecule has 2 aromatic carbocycles. The first-order valence-corrected chi connectivity index (χ1v) is 6.78. The summed E-state index contributed by atoms with van der Waals surface area (Å²) in [7, 11) is 1.77. The smallest absolute Gasteiger partial charge is 0.240 e. The highest BCUT2D eigenvalue weighted by molar-refractivity contribution is 5.81. The van der Waals surface area contributed by atoms with E-state index >= 15 is 0 Å². The number of amides is 1. The molecule has 1 aliphatic heterocycles. The van der Waals surface area contributed by atoms with Gasteiger partial charge in [0.15, 0.2) is 0 Å². The van der Waals surface area contributed by atoms with Gasteiger partial charge in [0.25, 0.3) is 0 Å². The molecule has 5 nitrogen and oxygen atoms in total. The Morgan fingerprint density at radius 3 is 2.29 bits per heavy atom. The monoisotopic (exact) mass is 285 g/mol. The van der Waals surface area contributed by atoms with E-state index in [9.17, 15) is 4.79 Å². The number of nitrogens with zero attached hydrogens (tertiary/aromatic N) is 1. The molecule has 0 unspecified atom stereocenters. The van der Waals surface area contributed by atoms with E-state index in [1.807, 2.05) is 47.5 Å². The van der Waals surface area contributed by atoms with Gasteiger partial charge in [0.05, 0.1) is 11.4 Å². The summed E-state index contributed by atoms with van der Waals surface area (Å²) in [6.45, 7) is 0.767. The molecule has 1 saturated heterocycles. The Hall–Kier alpha value is -2.69. The van der Waals surface area contributed by atoms with Gasteiger partial charge in [-0.1, -0.05) is 30.3 Å². The molecule has 0 atom stereocenters. The summed E-state index contributed by atoms with van der Waals surface area (Å²) in [6.07, 6.45) is 0.592. The molecule has 0 radical (unpaired) electrons. The van der Waals surface area contributed by atoms with Gasteiger partial charge in [-0.15, -0.1) is 0 Å². The third-order valence-electron chi connectivity index (χ3n) is 3.06. The molecule has 0 spiro atoms. The fraction of sp³-hybridized carbons (Fsp3) is 0.188. The van der Waals surface area contributed by atoms with Crippen molar-refractivity contribution in [1.82, 2.24) is 5.43 Å². The number of carbonyl (C=O) groups excluding carboxylic acids is 1. The van der Waals surface area contributed by atoms with Crippen molar-refractivity contribution in [2.75, 3.05) is 23.9 Å². The normalized spacial score (nSPS) is 13.2. The average Bonchev–Trinajstić information content (AvgIpc) is 2.96. The maximum absolute atomic E-state index is 10.9. The third-order valence-corrected chi connectivity index (χ3v) is 3.06. The van der Waals surface area contributed by atoms with Crippen LogP contribution in [0.1, 0.15) is 6.42 Å². The quantitative estimate of drug-likeness (QED) is 0.741. The lowest BCUT2D eigenvalue weighted by atomic mass is 10.3. The largest absolute Gasteiger partial charge is 0.506 e. The number of para-hydroxylation sites is 3. The summed E-state index contributed by atoms with van der Waals surface area (Å²) < 4.78 is 0. The predicted octanol–water partition coefficient (Wildman–Crippen LogP) is 2.36. The maximum atomic E-state index is 10.9. The summed E-state index contributed by atoms with van der Waals surface area (Å²) in [6, 6.07) is 16.9. The number of phenols is 1. The molecule has 3 rings (SSSR count). The summed E-state index contributed by atoms with van der Waals surface area (Å²) in [4.78, 5) is 10.9.